The van der Waals surface area contributed by atoms with Crippen molar-refractivity contribution >= 4 is 35.1 Å². The van der Waals surface area contributed by atoms with Crippen LogP contribution >= 0.6 is 0 Å². The van der Waals surface area contributed by atoms with Crippen LogP contribution in [0, 0.1) is 13.8 Å². The first-order chi connectivity index (χ1) is 13.4. The molecule has 3 amide bonds. The zero-order chi connectivity index (χ0) is 20.4. The summed E-state index contributed by atoms with van der Waals surface area (Å²) in [6, 6.07) is 7.60. The van der Waals surface area contributed by atoms with Gasteiger partial charge in [0.2, 0.25) is 0 Å². The fraction of sp³-hybridized carbons (Fsp3) is 0.286. The van der Waals surface area contributed by atoms with Gasteiger partial charge in [0.25, 0.3) is 5.91 Å². The van der Waals surface area contributed by atoms with Crippen molar-refractivity contribution in [3.63, 3.8) is 0 Å². The Bertz CT molecular complexity index is 974. The van der Waals surface area contributed by atoms with Gasteiger partial charge in [0.15, 0.2) is 5.78 Å². The Balaban J connectivity index is 1.98. The van der Waals surface area contributed by atoms with Gasteiger partial charge < -0.3 is 16.0 Å². The van der Waals surface area contributed by atoms with E-state index in [2.05, 4.69) is 10.3 Å². The molecule has 0 fully saturated rings. The van der Waals surface area contributed by atoms with Crippen LogP contribution in [0.25, 0.3) is 11.6 Å². The van der Waals surface area contributed by atoms with E-state index in [0.29, 0.717) is 16.8 Å². The second kappa shape index (κ2) is 7.82. The van der Waals surface area contributed by atoms with Gasteiger partial charge in [-0.05, 0) is 37.6 Å². The number of urea groups is 1. The SMILES string of the molecule is CCC(=O)C(CN)NC(=O)N1C(=O)/C(=C\c2[nH]c(C)cc2C)c2ccccc21. The molecule has 0 saturated heterocycles. The van der Waals surface area contributed by atoms with Gasteiger partial charge in [-0.3, -0.25) is 9.59 Å². The summed E-state index contributed by atoms with van der Waals surface area (Å²) in [5.41, 5.74) is 10.0. The quantitative estimate of drug-likeness (QED) is 0.693. The summed E-state index contributed by atoms with van der Waals surface area (Å²) < 4.78 is 0. The van der Waals surface area contributed by atoms with Crippen molar-refractivity contribution in [1.82, 2.24) is 10.3 Å². The summed E-state index contributed by atoms with van der Waals surface area (Å²) in [7, 11) is 0. The Kier molecular flexibility index (Phi) is 5.46. The standard InChI is InChI=1S/C21H24N4O3/c1-4-19(26)17(11-22)24-21(28)25-18-8-6-5-7-14(18)15(20(25)27)10-16-12(2)9-13(3)23-16/h5-10,17,23H,4,11,22H2,1-3H3,(H,24,28)/b15-10-. The number of aryl methyl sites for hydroxylation is 2. The fourth-order valence-electron chi connectivity index (χ4n) is 3.36. The number of ketones is 1. The number of H-pyrrole nitrogens is 1. The minimum atomic E-state index is -0.821. The van der Waals surface area contributed by atoms with E-state index >= 15 is 0 Å². The molecular weight excluding hydrogens is 356 g/mol. The van der Waals surface area contributed by atoms with Gasteiger partial charge in [0.1, 0.15) is 6.04 Å². The number of aromatic nitrogens is 1. The molecule has 1 atom stereocenters. The number of benzene rings is 1. The van der Waals surface area contributed by atoms with E-state index < -0.39 is 18.0 Å². The fourth-order valence-corrected chi connectivity index (χ4v) is 3.36. The molecule has 3 rings (SSSR count). The van der Waals surface area contributed by atoms with Gasteiger partial charge in [0.05, 0.1) is 11.3 Å². The maximum atomic E-state index is 13.1. The first-order valence-corrected chi connectivity index (χ1v) is 9.22. The van der Waals surface area contributed by atoms with Crippen molar-refractivity contribution in [3.8, 4) is 0 Å². The topological polar surface area (TPSA) is 108 Å². The van der Waals surface area contributed by atoms with Crippen molar-refractivity contribution in [3.05, 3.63) is 52.8 Å². The maximum absolute atomic E-state index is 13.1. The minimum Gasteiger partial charge on any atom is -0.359 e. The second-order valence-corrected chi connectivity index (χ2v) is 6.82. The number of carbonyl (C=O) groups excluding carboxylic acids is 3. The van der Waals surface area contributed by atoms with E-state index in [1.54, 1.807) is 31.2 Å². The average Bonchev–Trinajstić information content (AvgIpc) is 3.15. The molecule has 0 radical (unpaired) electrons. The highest BCUT2D eigenvalue weighted by Crippen LogP contribution is 2.37. The molecule has 1 aliphatic rings. The number of rotatable bonds is 5. The number of nitrogens with zero attached hydrogens (tertiary/aromatic N) is 1. The summed E-state index contributed by atoms with van der Waals surface area (Å²) in [5, 5.41) is 2.59. The Labute approximate surface area is 163 Å². The van der Waals surface area contributed by atoms with Crippen LogP contribution in [-0.4, -0.2) is 35.3 Å². The van der Waals surface area contributed by atoms with E-state index in [0.717, 1.165) is 21.9 Å². The highest BCUT2D eigenvalue weighted by atomic mass is 16.2. The average molecular weight is 380 g/mol. The van der Waals surface area contributed by atoms with Gasteiger partial charge in [-0.1, -0.05) is 25.1 Å². The summed E-state index contributed by atoms with van der Waals surface area (Å²) in [6.07, 6.45) is 2.01. The zero-order valence-corrected chi connectivity index (χ0v) is 16.2. The third-order valence-corrected chi connectivity index (χ3v) is 4.82. The lowest BCUT2D eigenvalue weighted by atomic mass is 10.1. The second-order valence-electron chi connectivity index (χ2n) is 6.82. The minimum absolute atomic E-state index is 0.0221. The van der Waals surface area contributed by atoms with Crippen molar-refractivity contribution in [2.24, 2.45) is 5.73 Å². The molecule has 1 unspecified atom stereocenters. The number of para-hydroxylation sites is 1. The Hall–Kier alpha value is -3.19. The van der Waals surface area contributed by atoms with Crippen molar-refractivity contribution in [1.29, 1.82) is 0 Å². The van der Waals surface area contributed by atoms with E-state index in [4.69, 9.17) is 5.73 Å². The third-order valence-electron chi connectivity index (χ3n) is 4.82. The highest BCUT2D eigenvalue weighted by Gasteiger charge is 2.37. The molecule has 146 valence electrons. The predicted molar refractivity (Wildman–Crippen MR) is 109 cm³/mol. The molecule has 1 aromatic heterocycles. The number of nitrogens with one attached hydrogen (secondary N) is 2. The van der Waals surface area contributed by atoms with Gasteiger partial charge in [-0.2, -0.15) is 0 Å². The number of aromatic amines is 1. The van der Waals surface area contributed by atoms with E-state index in [1.165, 1.54) is 0 Å². The smallest absolute Gasteiger partial charge is 0.329 e. The van der Waals surface area contributed by atoms with Crippen molar-refractivity contribution < 1.29 is 14.4 Å². The zero-order valence-electron chi connectivity index (χ0n) is 16.2. The molecule has 7 heteroatoms. The highest BCUT2D eigenvalue weighted by molar-refractivity contribution is 6.42. The number of hydrogen-bond donors (Lipinski definition) is 3. The van der Waals surface area contributed by atoms with Crippen LogP contribution in [0.1, 0.15) is 35.9 Å². The molecule has 1 aromatic carbocycles. The summed E-state index contributed by atoms with van der Waals surface area (Å²) in [5.74, 6) is -0.617. The molecule has 0 saturated carbocycles. The number of carbonyl (C=O) groups is 3. The lowest BCUT2D eigenvalue weighted by Crippen LogP contribution is -2.51. The van der Waals surface area contributed by atoms with Crippen molar-refractivity contribution in [2.75, 3.05) is 11.4 Å². The number of hydrogen-bond acceptors (Lipinski definition) is 4. The molecule has 0 aliphatic carbocycles. The van der Waals surface area contributed by atoms with E-state index in [-0.39, 0.29) is 18.7 Å². The molecule has 1 aliphatic heterocycles. The molecule has 4 N–H and O–H groups in total. The number of nitrogens with two attached hydrogens (primary N) is 1. The molecular formula is C21H24N4O3. The Morgan fingerprint density at radius 3 is 2.61 bits per heavy atom. The molecule has 7 nitrogen and oxygen atoms in total. The van der Waals surface area contributed by atoms with Crippen LogP contribution in [0.5, 0.6) is 0 Å². The third kappa shape index (κ3) is 3.48. The van der Waals surface area contributed by atoms with Crippen LogP contribution < -0.4 is 16.0 Å². The Morgan fingerprint density at radius 2 is 2.00 bits per heavy atom. The maximum Gasteiger partial charge on any atom is 0.329 e. The number of Topliss-reactive ketones (excluding diaryl/α,β-unsaturated/α-hetero) is 1. The van der Waals surface area contributed by atoms with Gasteiger partial charge >= 0.3 is 6.03 Å². The van der Waals surface area contributed by atoms with E-state index in [1.807, 2.05) is 26.0 Å². The number of imide groups is 1. The number of amides is 3. The van der Waals surface area contributed by atoms with Crippen LogP contribution in [0.4, 0.5) is 10.5 Å². The van der Waals surface area contributed by atoms with Crippen molar-refractivity contribution in [2.45, 2.75) is 33.2 Å². The normalized spacial score (nSPS) is 15.6. The van der Waals surface area contributed by atoms with Gasteiger partial charge in [0, 0.05) is 29.9 Å². The molecule has 2 heterocycles. The first kappa shape index (κ1) is 19.6. The van der Waals surface area contributed by atoms with E-state index in [9.17, 15) is 14.4 Å². The van der Waals surface area contributed by atoms with Crippen LogP contribution in [-0.2, 0) is 9.59 Å². The lowest BCUT2D eigenvalue weighted by Gasteiger charge is -2.20. The predicted octanol–water partition coefficient (Wildman–Crippen LogP) is 2.53. The van der Waals surface area contributed by atoms with Crippen LogP contribution in [0.3, 0.4) is 0 Å². The lowest BCUT2D eigenvalue weighted by molar-refractivity contribution is -0.120. The van der Waals surface area contributed by atoms with Crippen LogP contribution in [0.2, 0.25) is 0 Å². The summed E-state index contributed by atoms with van der Waals surface area (Å²) in [4.78, 5) is 42.2. The Morgan fingerprint density at radius 1 is 1.29 bits per heavy atom. The first-order valence-electron chi connectivity index (χ1n) is 9.22. The largest absolute Gasteiger partial charge is 0.359 e. The number of fused-ring (bicyclic) bond motifs is 1. The van der Waals surface area contributed by atoms with Gasteiger partial charge in [-0.25, -0.2) is 9.69 Å². The van der Waals surface area contributed by atoms with Gasteiger partial charge in [-0.15, -0.1) is 0 Å². The number of anilines is 1. The van der Waals surface area contributed by atoms with Crippen LogP contribution in [0.15, 0.2) is 30.3 Å². The molecule has 28 heavy (non-hydrogen) atoms. The summed E-state index contributed by atoms with van der Waals surface area (Å²) in [6.45, 7) is 5.57. The molecule has 0 bridgehead atoms. The monoisotopic (exact) mass is 380 g/mol. The molecule has 2 aromatic rings. The summed E-state index contributed by atoms with van der Waals surface area (Å²) >= 11 is 0. The molecule has 0 spiro atoms.